The van der Waals surface area contributed by atoms with E-state index in [0.717, 1.165) is 12.1 Å². The van der Waals surface area contributed by atoms with E-state index in [-0.39, 0.29) is 22.5 Å². The first-order valence-corrected chi connectivity index (χ1v) is 10.7. The van der Waals surface area contributed by atoms with Gasteiger partial charge >= 0.3 is 0 Å². The first-order chi connectivity index (χ1) is 13.8. The van der Waals surface area contributed by atoms with E-state index in [1.54, 1.807) is 48.2 Å². The van der Waals surface area contributed by atoms with E-state index in [4.69, 9.17) is 0 Å². The Morgan fingerprint density at radius 3 is 2.76 bits per heavy atom. The number of amidine groups is 1. The van der Waals surface area contributed by atoms with Crippen LogP contribution in [0.5, 0.6) is 0 Å². The number of nitrogens with zero attached hydrogens (tertiary/aromatic N) is 2. The molecular formula is C20H20N4O4S. The molecule has 1 saturated heterocycles. The normalized spacial score (nSPS) is 19.7. The Balaban J connectivity index is 1.51. The van der Waals surface area contributed by atoms with Gasteiger partial charge in [0.15, 0.2) is 0 Å². The van der Waals surface area contributed by atoms with Gasteiger partial charge in [-0.15, -0.1) is 0 Å². The first-order valence-electron chi connectivity index (χ1n) is 9.26. The van der Waals surface area contributed by atoms with Crippen LogP contribution in [0.25, 0.3) is 0 Å². The lowest BCUT2D eigenvalue weighted by atomic mass is 10.2. The monoisotopic (exact) mass is 412 g/mol. The molecule has 2 amide bonds. The maximum Gasteiger partial charge on any atom is 0.263 e. The highest BCUT2D eigenvalue weighted by Gasteiger charge is 2.31. The molecule has 29 heavy (non-hydrogen) atoms. The molecule has 0 unspecified atom stereocenters. The summed E-state index contributed by atoms with van der Waals surface area (Å²) in [6.07, 6.45) is 1.35. The maximum absolute atomic E-state index is 12.6. The van der Waals surface area contributed by atoms with Crippen LogP contribution in [0.2, 0.25) is 0 Å². The summed E-state index contributed by atoms with van der Waals surface area (Å²) < 4.78 is 26.7. The van der Waals surface area contributed by atoms with E-state index in [2.05, 4.69) is 15.0 Å². The lowest BCUT2D eigenvalue weighted by Crippen LogP contribution is -2.29. The highest BCUT2D eigenvalue weighted by Crippen LogP contribution is 2.25. The van der Waals surface area contributed by atoms with Crippen molar-refractivity contribution >= 4 is 39.0 Å². The summed E-state index contributed by atoms with van der Waals surface area (Å²) in [7, 11) is -3.66. The molecule has 9 heteroatoms. The number of sulfonamides is 1. The summed E-state index contributed by atoms with van der Waals surface area (Å²) in [6.45, 7) is 2.26. The molecule has 4 rings (SSSR count). The molecule has 0 bridgehead atoms. The zero-order valence-corrected chi connectivity index (χ0v) is 16.6. The van der Waals surface area contributed by atoms with Crippen molar-refractivity contribution < 1.29 is 18.0 Å². The Bertz CT molecular complexity index is 1130. The van der Waals surface area contributed by atoms with Gasteiger partial charge in [-0.3, -0.25) is 19.3 Å². The van der Waals surface area contributed by atoms with Crippen LogP contribution in [-0.2, 0) is 19.6 Å². The predicted molar refractivity (Wildman–Crippen MR) is 109 cm³/mol. The Labute approximate surface area is 168 Å². The van der Waals surface area contributed by atoms with Gasteiger partial charge in [0.25, 0.3) is 10.0 Å². The van der Waals surface area contributed by atoms with Crippen molar-refractivity contribution in [1.82, 2.24) is 4.72 Å². The molecule has 0 saturated carbocycles. The molecule has 0 radical (unpaired) electrons. The van der Waals surface area contributed by atoms with Crippen molar-refractivity contribution in [2.45, 2.75) is 30.7 Å². The molecule has 150 valence electrons. The molecule has 2 N–H and O–H groups in total. The van der Waals surface area contributed by atoms with Gasteiger partial charge in [0, 0.05) is 29.9 Å². The van der Waals surface area contributed by atoms with Crippen LogP contribution in [0.1, 0.15) is 25.3 Å². The summed E-state index contributed by atoms with van der Waals surface area (Å²) in [5.41, 5.74) is 1.73. The first kappa shape index (κ1) is 19.1. The van der Waals surface area contributed by atoms with Gasteiger partial charge in [0.2, 0.25) is 11.8 Å². The molecule has 2 aliphatic rings. The van der Waals surface area contributed by atoms with Crippen LogP contribution in [0.15, 0.2) is 58.4 Å². The lowest BCUT2D eigenvalue weighted by molar-refractivity contribution is -0.117. The highest BCUT2D eigenvalue weighted by molar-refractivity contribution is 7.90. The second-order valence-corrected chi connectivity index (χ2v) is 8.59. The molecule has 2 aromatic carbocycles. The highest BCUT2D eigenvalue weighted by atomic mass is 32.2. The number of hydrogen-bond donors (Lipinski definition) is 2. The fourth-order valence-electron chi connectivity index (χ4n) is 3.40. The number of amides is 2. The van der Waals surface area contributed by atoms with Gasteiger partial charge in [0.05, 0.1) is 4.90 Å². The number of carbonyl (C=O) groups is 2. The van der Waals surface area contributed by atoms with Gasteiger partial charge in [-0.1, -0.05) is 18.2 Å². The standard InChI is InChI=1S/C20H20N4O4S/c1-13(21-19-16-8-2-3-9-17(16)29(27,28)23-19)20(26)22-14-6-4-7-15(12-14)24-11-5-10-18(24)25/h2-4,6-9,12-13H,5,10-11H2,1H3,(H,21,23)(H,22,26)/t13-/m0/s1. The topological polar surface area (TPSA) is 108 Å². The largest absolute Gasteiger partial charge is 0.324 e. The Morgan fingerprint density at radius 2 is 2.00 bits per heavy atom. The molecule has 0 aliphatic carbocycles. The molecule has 1 atom stereocenters. The van der Waals surface area contributed by atoms with Crippen LogP contribution < -0.4 is 14.9 Å². The number of aliphatic imine (C=N–C) groups is 1. The Hall–Kier alpha value is -3.20. The number of benzene rings is 2. The number of hydrogen-bond acceptors (Lipinski definition) is 5. The minimum atomic E-state index is -3.66. The molecule has 0 spiro atoms. The van der Waals surface area contributed by atoms with E-state index in [1.165, 1.54) is 6.07 Å². The smallest absolute Gasteiger partial charge is 0.263 e. The van der Waals surface area contributed by atoms with Crippen molar-refractivity contribution in [3.63, 3.8) is 0 Å². The average Bonchev–Trinajstić information content (AvgIpc) is 3.23. The molecule has 0 aromatic heterocycles. The Kier molecular flexibility index (Phi) is 4.83. The van der Waals surface area contributed by atoms with Gasteiger partial charge in [-0.05, 0) is 43.7 Å². The Morgan fingerprint density at radius 1 is 1.21 bits per heavy atom. The fraction of sp³-hybridized carbons (Fsp3) is 0.250. The third-order valence-corrected chi connectivity index (χ3v) is 6.26. The number of anilines is 2. The third-order valence-electron chi connectivity index (χ3n) is 4.86. The van der Waals surface area contributed by atoms with Crippen LogP contribution in [0.3, 0.4) is 0 Å². The molecule has 2 aliphatic heterocycles. The minimum absolute atomic E-state index is 0.0698. The lowest BCUT2D eigenvalue weighted by Gasteiger charge is -2.17. The number of rotatable bonds is 4. The molecule has 1 fully saturated rings. The van der Waals surface area contributed by atoms with Crippen molar-refractivity contribution in [2.75, 3.05) is 16.8 Å². The fourth-order valence-corrected chi connectivity index (χ4v) is 4.64. The molecule has 8 nitrogen and oxygen atoms in total. The van der Waals surface area contributed by atoms with E-state index < -0.39 is 16.1 Å². The van der Waals surface area contributed by atoms with Crippen LogP contribution in [-0.4, -0.2) is 38.7 Å². The van der Waals surface area contributed by atoms with Crippen LogP contribution in [0, 0.1) is 0 Å². The van der Waals surface area contributed by atoms with Crippen LogP contribution in [0.4, 0.5) is 11.4 Å². The van der Waals surface area contributed by atoms with Gasteiger partial charge in [-0.2, -0.15) is 0 Å². The molecular weight excluding hydrogens is 392 g/mol. The van der Waals surface area contributed by atoms with Crippen molar-refractivity contribution in [3.05, 3.63) is 54.1 Å². The van der Waals surface area contributed by atoms with Gasteiger partial charge < -0.3 is 10.2 Å². The van der Waals surface area contributed by atoms with Crippen LogP contribution >= 0.6 is 0 Å². The molecule has 2 aromatic rings. The summed E-state index contributed by atoms with van der Waals surface area (Å²) in [5.74, 6) is -0.161. The quantitative estimate of drug-likeness (QED) is 0.799. The summed E-state index contributed by atoms with van der Waals surface area (Å²) in [4.78, 5) is 30.6. The summed E-state index contributed by atoms with van der Waals surface area (Å²) in [6, 6.07) is 12.7. The minimum Gasteiger partial charge on any atom is -0.324 e. The van der Waals surface area contributed by atoms with Gasteiger partial charge in [0.1, 0.15) is 11.9 Å². The zero-order chi connectivity index (χ0) is 20.6. The number of nitrogens with one attached hydrogen (secondary N) is 2. The van der Waals surface area contributed by atoms with Crippen molar-refractivity contribution in [3.8, 4) is 0 Å². The summed E-state index contributed by atoms with van der Waals surface area (Å²) in [5, 5.41) is 2.78. The maximum atomic E-state index is 12.6. The zero-order valence-electron chi connectivity index (χ0n) is 15.8. The number of carbonyl (C=O) groups excluding carboxylic acids is 2. The summed E-state index contributed by atoms with van der Waals surface area (Å²) >= 11 is 0. The number of fused-ring (bicyclic) bond motifs is 1. The third kappa shape index (κ3) is 3.73. The second kappa shape index (κ2) is 7.32. The van der Waals surface area contributed by atoms with Crippen molar-refractivity contribution in [1.29, 1.82) is 0 Å². The second-order valence-electron chi connectivity index (χ2n) is 6.94. The predicted octanol–water partition coefficient (Wildman–Crippen LogP) is 1.88. The van der Waals surface area contributed by atoms with E-state index in [9.17, 15) is 18.0 Å². The average molecular weight is 412 g/mol. The van der Waals surface area contributed by atoms with Gasteiger partial charge in [-0.25, -0.2) is 8.42 Å². The van der Waals surface area contributed by atoms with E-state index >= 15 is 0 Å². The van der Waals surface area contributed by atoms with Crippen molar-refractivity contribution in [2.24, 2.45) is 4.99 Å². The SMILES string of the molecule is C[C@H](N=C1NS(=O)(=O)c2ccccc21)C(=O)Nc1cccc(N2CCCC2=O)c1. The van der Waals surface area contributed by atoms with E-state index in [0.29, 0.717) is 24.2 Å². The molecule has 2 heterocycles. The van der Waals surface area contributed by atoms with E-state index in [1.807, 2.05) is 6.07 Å².